The predicted molar refractivity (Wildman–Crippen MR) is 215 cm³/mol. The summed E-state index contributed by atoms with van der Waals surface area (Å²) in [6.07, 6.45) is 0. The van der Waals surface area contributed by atoms with Gasteiger partial charge >= 0.3 is 0 Å². The highest BCUT2D eigenvalue weighted by molar-refractivity contribution is 7.26. The Morgan fingerprint density at radius 1 is 0.327 bits per heavy atom. The molecule has 0 N–H and O–H groups in total. The van der Waals surface area contributed by atoms with Crippen molar-refractivity contribution in [2.45, 2.75) is 0 Å². The van der Waals surface area contributed by atoms with Crippen LogP contribution in [0.15, 0.2) is 176 Å². The molecule has 0 saturated heterocycles. The van der Waals surface area contributed by atoms with Crippen molar-refractivity contribution in [1.82, 2.24) is 0 Å². The van der Waals surface area contributed by atoms with Gasteiger partial charge < -0.3 is 4.90 Å². The number of rotatable bonds is 5. The van der Waals surface area contributed by atoms with Gasteiger partial charge in [0.1, 0.15) is 0 Å². The van der Waals surface area contributed by atoms with Crippen molar-refractivity contribution in [3.63, 3.8) is 0 Å². The number of nitrogens with zero attached hydrogens (tertiary/aromatic N) is 1. The highest BCUT2D eigenvalue weighted by Gasteiger charge is 2.17. The quantitative estimate of drug-likeness (QED) is 0.178. The summed E-state index contributed by atoms with van der Waals surface area (Å²) in [6.45, 7) is 0. The molecule has 0 amide bonds. The average Bonchev–Trinajstić information content (AvgIpc) is 3.73. The predicted octanol–water partition coefficient (Wildman–Crippen LogP) is 14.4. The zero-order chi connectivity index (χ0) is 32.3. The SMILES string of the molecule is c1cc(-c2cccc3c2sc2ccccc23)cc(N(c2ccc(-c3ccc4ccccc4c3)cc2)c2ccc3sc4ccccc4c3c2)c1. The molecule has 2 aromatic heterocycles. The summed E-state index contributed by atoms with van der Waals surface area (Å²) in [6, 6.07) is 64.5. The highest BCUT2D eigenvalue weighted by atomic mass is 32.1. The first-order chi connectivity index (χ1) is 24.3. The lowest BCUT2D eigenvalue weighted by Gasteiger charge is -2.26. The van der Waals surface area contributed by atoms with E-state index in [4.69, 9.17) is 0 Å². The van der Waals surface area contributed by atoms with Gasteiger partial charge in [-0.3, -0.25) is 0 Å². The Morgan fingerprint density at radius 3 is 1.82 bits per heavy atom. The third kappa shape index (κ3) is 4.82. The number of fused-ring (bicyclic) bond motifs is 7. The number of hydrogen-bond acceptors (Lipinski definition) is 3. The Hall–Kier alpha value is -5.74. The maximum Gasteiger partial charge on any atom is 0.0468 e. The van der Waals surface area contributed by atoms with Gasteiger partial charge in [0.15, 0.2) is 0 Å². The van der Waals surface area contributed by atoms with Gasteiger partial charge in [0.2, 0.25) is 0 Å². The van der Waals surface area contributed by atoms with Gasteiger partial charge in [-0.2, -0.15) is 0 Å². The van der Waals surface area contributed by atoms with E-state index < -0.39 is 0 Å². The largest absolute Gasteiger partial charge is 0.310 e. The van der Waals surface area contributed by atoms with E-state index >= 15 is 0 Å². The van der Waals surface area contributed by atoms with Crippen LogP contribution in [-0.2, 0) is 0 Å². The lowest BCUT2D eigenvalue weighted by atomic mass is 10.00. The topological polar surface area (TPSA) is 3.24 Å². The highest BCUT2D eigenvalue weighted by Crippen LogP contribution is 2.44. The molecule has 0 spiro atoms. The Morgan fingerprint density at radius 2 is 0.959 bits per heavy atom. The molecule has 0 fully saturated rings. The van der Waals surface area contributed by atoms with E-state index in [0.717, 1.165) is 17.1 Å². The second kappa shape index (κ2) is 11.5. The van der Waals surface area contributed by atoms with Crippen LogP contribution in [0.4, 0.5) is 17.1 Å². The summed E-state index contributed by atoms with van der Waals surface area (Å²) in [5.41, 5.74) is 8.32. The molecule has 3 heteroatoms. The fourth-order valence-electron chi connectivity index (χ4n) is 7.26. The lowest BCUT2D eigenvalue weighted by molar-refractivity contribution is 1.29. The maximum atomic E-state index is 2.41. The molecular weight excluding hydrogens is 631 g/mol. The van der Waals surface area contributed by atoms with Crippen LogP contribution < -0.4 is 4.90 Å². The average molecular weight is 660 g/mol. The van der Waals surface area contributed by atoms with Crippen molar-refractivity contribution in [2.24, 2.45) is 0 Å². The van der Waals surface area contributed by atoms with E-state index in [-0.39, 0.29) is 0 Å². The minimum Gasteiger partial charge on any atom is -0.310 e. The van der Waals surface area contributed by atoms with Gasteiger partial charge in [-0.15, -0.1) is 22.7 Å². The second-order valence-electron chi connectivity index (χ2n) is 12.6. The van der Waals surface area contributed by atoms with Gasteiger partial charge in [0, 0.05) is 57.4 Å². The van der Waals surface area contributed by atoms with E-state index in [0.29, 0.717) is 0 Å². The molecule has 10 aromatic rings. The molecule has 0 unspecified atom stereocenters. The van der Waals surface area contributed by atoms with Crippen LogP contribution >= 0.6 is 22.7 Å². The van der Waals surface area contributed by atoms with Crippen LogP contribution in [0.2, 0.25) is 0 Å². The minimum atomic E-state index is 1.13. The smallest absolute Gasteiger partial charge is 0.0468 e. The monoisotopic (exact) mass is 659 g/mol. The maximum absolute atomic E-state index is 2.41. The van der Waals surface area contributed by atoms with Crippen LogP contribution in [0.3, 0.4) is 0 Å². The number of thiophene rings is 2. The fraction of sp³-hybridized carbons (Fsp3) is 0. The van der Waals surface area contributed by atoms with Crippen molar-refractivity contribution in [3.05, 3.63) is 176 Å². The fourth-order valence-corrected chi connectivity index (χ4v) is 9.58. The molecule has 1 nitrogen and oxygen atoms in total. The molecule has 8 aromatic carbocycles. The molecule has 0 aliphatic heterocycles. The second-order valence-corrected chi connectivity index (χ2v) is 14.7. The molecule has 2 heterocycles. The Kier molecular flexibility index (Phi) is 6.61. The van der Waals surface area contributed by atoms with Crippen LogP contribution in [-0.4, -0.2) is 0 Å². The summed E-state index contributed by atoms with van der Waals surface area (Å²) in [5.74, 6) is 0. The Balaban J connectivity index is 1.13. The molecule has 0 saturated carbocycles. The molecule has 10 rings (SSSR count). The lowest BCUT2D eigenvalue weighted by Crippen LogP contribution is -2.10. The summed E-state index contributed by atoms with van der Waals surface area (Å²) >= 11 is 3.74. The van der Waals surface area contributed by atoms with E-state index in [2.05, 4.69) is 181 Å². The van der Waals surface area contributed by atoms with E-state index in [1.165, 1.54) is 73.4 Å². The van der Waals surface area contributed by atoms with Gasteiger partial charge in [-0.1, -0.05) is 115 Å². The van der Waals surface area contributed by atoms with Crippen molar-refractivity contribution in [2.75, 3.05) is 4.90 Å². The number of anilines is 3. The third-order valence-electron chi connectivity index (χ3n) is 9.65. The summed E-state index contributed by atoms with van der Waals surface area (Å²) in [4.78, 5) is 2.41. The normalized spacial score (nSPS) is 11.7. The molecule has 49 heavy (non-hydrogen) atoms. The Bertz CT molecular complexity index is 2840. The van der Waals surface area contributed by atoms with Crippen LogP contribution in [0.25, 0.3) is 73.4 Å². The first kappa shape index (κ1) is 28.3. The molecular formula is C46H29NS2. The third-order valence-corrected chi connectivity index (χ3v) is 12.0. The van der Waals surface area contributed by atoms with Crippen molar-refractivity contribution in [3.8, 4) is 22.3 Å². The Labute approximate surface area is 292 Å². The molecule has 230 valence electrons. The van der Waals surface area contributed by atoms with Crippen LogP contribution in [0.5, 0.6) is 0 Å². The van der Waals surface area contributed by atoms with Crippen molar-refractivity contribution < 1.29 is 0 Å². The molecule has 0 atom stereocenters. The zero-order valence-corrected chi connectivity index (χ0v) is 28.1. The summed E-state index contributed by atoms with van der Waals surface area (Å²) in [7, 11) is 0. The minimum absolute atomic E-state index is 1.13. The standard InChI is InChI=1S/C46H29NS2/c1-2-10-32-27-33(20-19-30(32)9-1)31-21-23-35(24-22-31)47(37-25-26-45-42(29-37)40-14-4-5-17-43(40)48-45)36-12-7-11-34(28-36)38-15-8-16-41-39-13-3-6-18-44(39)49-46(38)41/h1-29H. The van der Waals surface area contributed by atoms with Crippen molar-refractivity contribution >= 4 is 90.9 Å². The number of benzene rings is 8. The van der Waals surface area contributed by atoms with Crippen LogP contribution in [0.1, 0.15) is 0 Å². The van der Waals surface area contributed by atoms with Gasteiger partial charge in [0.05, 0.1) is 0 Å². The van der Waals surface area contributed by atoms with Gasteiger partial charge in [-0.25, -0.2) is 0 Å². The van der Waals surface area contributed by atoms with Crippen LogP contribution in [0, 0.1) is 0 Å². The van der Waals surface area contributed by atoms with Crippen molar-refractivity contribution in [1.29, 1.82) is 0 Å². The molecule has 0 radical (unpaired) electrons. The molecule has 0 bridgehead atoms. The summed E-state index contributed by atoms with van der Waals surface area (Å²) in [5, 5.41) is 7.76. The first-order valence-corrected chi connectivity index (χ1v) is 18.2. The number of hydrogen-bond donors (Lipinski definition) is 0. The first-order valence-electron chi connectivity index (χ1n) is 16.6. The van der Waals surface area contributed by atoms with E-state index in [1.54, 1.807) is 0 Å². The zero-order valence-electron chi connectivity index (χ0n) is 26.5. The van der Waals surface area contributed by atoms with Gasteiger partial charge in [0.25, 0.3) is 0 Å². The molecule has 0 aliphatic rings. The van der Waals surface area contributed by atoms with E-state index in [9.17, 15) is 0 Å². The molecule has 0 aliphatic carbocycles. The van der Waals surface area contributed by atoms with Gasteiger partial charge in [-0.05, 0) is 93.7 Å². The van der Waals surface area contributed by atoms with E-state index in [1.807, 2.05) is 22.7 Å². The summed E-state index contributed by atoms with van der Waals surface area (Å²) < 4.78 is 5.28.